The van der Waals surface area contributed by atoms with Gasteiger partial charge in [-0.1, -0.05) is 511 Å². The standard InChI is InChI=1S/C58H42.C28H16Br2.2C15H13Br.C8H9Br.C7H6Br2/c1-39(43-21-5-3-6-22-43)35-41-19-17-25-45(37-41)55-47-27-9-13-31-51(47)57(52-32-14-10-28-48(52)55)58-53-33-15-11-29-49(53)56(50-30-12-16-34-54(50)58)46-26-18-20-42(38-46)36-40(2)44-23-7-4-8-24-44;29-27-21-13-5-1-9-17(21)25(18-10-2-6-14-22(18)27)26-19-11-3-7-15-23(19)28(30)24-16-8-4-12-20(24)26;2*1-12(14-7-3-2-4-8-14)10-13-6-5-9-15(16)11-13;1-2-7-4-3-5-8(9)6-7;8-5-6-2-1-3-7(9)4-6/h3-38H,1-2H3;1-16H;2*2-11H,1H3;3-6H,2H2,1H3;1-4H,5H2/b39-35+,40-36+;;2*12-10+;;. The van der Waals surface area contributed by atoms with Crippen molar-refractivity contribution in [3.63, 3.8) is 0 Å². The molecule has 0 aliphatic rings. The van der Waals surface area contributed by atoms with E-state index in [-0.39, 0.29) is 0 Å². The van der Waals surface area contributed by atoms with Gasteiger partial charge in [0.05, 0.1) is 0 Å². The molecule has 22 aromatic carbocycles. The minimum Gasteiger partial charge on any atom is -0.0876 e. The van der Waals surface area contributed by atoms with Gasteiger partial charge >= 0.3 is 0 Å². The highest BCUT2D eigenvalue weighted by Crippen LogP contribution is 2.52. The quantitative estimate of drug-likeness (QED) is 0.0578. The highest BCUT2D eigenvalue weighted by Gasteiger charge is 2.25. The van der Waals surface area contributed by atoms with E-state index in [0.29, 0.717) is 0 Å². The third-order valence-corrected chi connectivity index (χ3v) is 29.3. The smallest absolute Gasteiger partial charge is 0.0332 e. The molecule has 0 N–H and O–H groups in total. The van der Waals surface area contributed by atoms with E-state index >= 15 is 0 Å². The summed E-state index contributed by atoms with van der Waals surface area (Å²) in [5, 5.41) is 21.0. The summed E-state index contributed by atoms with van der Waals surface area (Å²) in [6.45, 7) is 10.8. The molecule has 0 aliphatic heterocycles. The normalized spacial score (nSPS) is 11.6. The fourth-order valence-electron chi connectivity index (χ4n) is 18.4. The van der Waals surface area contributed by atoms with Crippen molar-refractivity contribution in [3.05, 3.63) is 544 Å². The van der Waals surface area contributed by atoms with Gasteiger partial charge in [-0.15, -0.1) is 0 Å². The first-order valence-electron chi connectivity index (χ1n) is 46.3. The average molecular weight is 2230 g/mol. The van der Waals surface area contributed by atoms with E-state index in [1.807, 2.05) is 54.6 Å². The largest absolute Gasteiger partial charge is 0.0876 e. The molecule has 0 heterocycles. The first-order chi connectivity index (χ1) is 67.5. The Balaban J connectivity index is 0.000000135. The van der Waals surface area contributed by atoms with Crippen molar-refractivity contribution < 1.29 is 0 Å². The number of fused-ring (bicyclic) bond motifs is 8. The Bertz CT molecular complexity index is 7540. The van der Waals surface area contributed by atoms with E-state index in [9.17, 15) is 0 Å². The minimum atomic E-state index is 0.923. The first kappa shape index (κ1) is 96.9. The van der Waals surface area contributed by atoms with Crippen LogP contribution in [0.2, 0.25) is 0 Å². The topological polar surface area (TPSA) is 0 Å². The van der Waals surface area contributed by atoms with Gasteiger partial charge in [0.15, 0.2) is 0 Å². The lowest BCUT2D eigenvalue weighted by Gasteiger charge is -2.22. The minimum absolute atomic E-state index is 0.923. The molecule has 0 aliphatic carbocycles. The van der Waals surface area contributed by atoms with Crippen LogP contribution in [0.1, 0.15) is 90.3 Å². The summed E-state index contributed by atoms with van der Waals surface area (Å²) in [6.07, 6.45) is 10.1. The molecule has 0 saturated heterocycles. The van der Waals surface area contributed by atoms with E-state index in [1.54, 1.807) is 0 Å². The van der Waals surface area contributed by atoms with Crippen molar-refractivity contribution in [1.82, 2.24) is 0 Å². The predicted octanol–water partition coefficient (Wildman–Crippen LogP) is 42.3. The van der Waals surface area contributed by atoms with Crippen LogP contribution in [-0.4, -0.2) is 0 Å². The lowest BCUT2D eigenvalue weighted by Crippen LogP contribution is -1.95. The van der Waals surface area contributed by atoms with Gasteiger partial charge < -0.3 is 0 Å². The molecule has 22 rings (SSSR count). The van der Waals surface area contributed by atoms with Crippen LogP contribution in [-0.2, 0) is 11.8 Å². The third-order valence-electron chi connectivity index (χ3n) is 24.9. The van der Waals surface area contributed by atoms with Gasteiger partial charge in [0.25, 0.3) is 0 Å². The maximum absolute atomic E-state index is 3.89. The Kier molecular flexibility index (Phi) is 32.7. The molecular weight excluding hydrogens is 2130 g/mol. The molecule has 0 atom stereocenters. The summed E-state index contributed by atoms with van der Waals surface area (Å²) in [5.41, 5.74) is 27.7. The molecular formula is C131H99Br7. The summed E-state index contributed by atoms with van der Waals surface area (Å²) in [6, 6.07) is 164. The molecule has 672 valence electrons. The van der Waals surface area contributed by atoms with Crippen molar-refractivity contribution >= 4 is 244 Å². The van der Waals surface area contributed by atoms with Crippen molar-refractivity contribution in [2.24, 2.45) is 0 Å². The van der Waals surface area contributed by atoms with Gasteiger partial charge in [-0.25, -0.2) is 0 Å². The second kappa shape index (κ2) is 46.6. The molecule has 138 heavy (non-hydrogen) atoms. The summed E-state index contributed by atoms with van der Waals surface area (Å²) in [7, 11) is 0. The van der Waals surface area contributed by atoms with Crippen LogP contribution in [0.3, 0.4) is 0 Å². The zero-order chi connectivity index (χ0) is 95.4. The summed E-state index contributed by atoms with van der Waals surface area (Å²) in [4.78, 5) is 0. The SMILES string of the molecule is BrCc1cccc(Br)c1.Brc1c2ccccc2c(-c2c3ccccc3c(Br)c3ccccc23)c2ccccc12.C/C(=C\c1cccc(-c2c3ccccc3c(-c3c4ccccc4c(-c4cccc(/C=C(\C)c5ccccc5)c4)c4ccccc34)c3ccccc23)c1)c1ccccc1.C/C(=C\c1cccc(Br)c1)c1ccccc1.C/C(=C\c1cccc(Br)c1)c1ccccc1.CCc1cccc(Br)c1. The molecule has 0 aromatic heterocycles. The number of allylic oxidation sites excluding steroid dienone is 4. The van der Waals surface area contributed by atoms with Gasteiger partial charge in [0, 0.05) is 32.2 Å². The van der Waals surface area contributed by atoms with Crippen molar-refractivity contribution in [2.75, 3.05) is 0 Å². The average Bonchev–Trinajstić information content (AvgIpc) is 0.710. The number of halogens is 7. The van der Waals surface area contributed by atoms with Crippen molar-refractivity contribution in [3.8, 4) is 44.5 Å². The number of rotatable bonds is 14. The second-order valence-electron chi connectivity index (χ2n) is 34.1. The number of benzene rings is 22. The molecule has 0 bridgehead atoms. The summed E-state index contributed by atoms with van der Waals surface area (Å²) in [5.74, 6) is 0. The van der Waals surface area contributed by atoms with Gasteiger partial charge in [0.1, 0.15) is 0 Å². The highest BCUT2D eigenvalue weighted by molar-refractivity contribution is 9.11. The molecule has 0 amide bonds. The van der Waals surface area contributed by atoms with Crippen molar-refractivity contribution in [2.45, 2.75) is 46.4 Å². The Morgan fingerprint density at radius 1 is 0.188 bits per heavy atom. The molecule has 0 saturated carbocycles. The van der Waals surface area contributed by atoms with Gasteiger partial charge in [-0.05, 0) is 335 Å². The number of alkyl halides is 1. The number of hydrogen-bond donors (Lipinski definition) is 0. The summed E-state index contributed by atoms with van der Waals surface area (Å²) < 4.78 is 6.84. The molecule has 0 nitrogen and oxygen atoms in total. The van der Waals surface area contributed by atoms with E-state index < -0.39 is 0 Å². The maximum Gasteiger partial charge on any atom is 0.0332 e. The van der Waals surface area contributed by atoms with Crippen LogP contribution >= 0.6 is 112 Å². The Hall–Kier alpha value is -12.8. The van der Waals surface area contributed by atoms with E-state index in [2.05, 4.69) is 577 Å². The van der Waals surface area contributed by atoms with Gasteiger partial charge in [-0.3, -0.25) is 0 Å². The van der Waals surface area contributed by atoms with E-state index in [4.69, 9.17) is 0 Å². The van der Waals surface area contributed by atoms with Crippen LogP contribution in [0, 0.1) is 0 Å². The Labute approximate surface area is 869 Å². The number of hydrogen-bond acceptors (Lipinski definition) is 0. The Morgan fingerprint density at radius 2 is 0.384 bits per heavy atom. The molecule has 0 radical (unpaired) electrons. The fourth-order valence-corrected chi connectivity index (χ4v) is 21.8. The number of aryl methyl sites for hydroxylation is 1. The molecule has 0 spiro atoms. The van der Waals surface area contributed by atoms with E-state index in [1.165, 1.54) is 213 Å². The third kappa shape index (κ3) is 23.0. The van der Waals surface area contributed by atoms with Crippen LogP contribution < -0.4 is 0 Å². The molecule has 7 heteroatoms. The predicted molar refractivity (Wildman–Crippen MR) is 629 cm³/mol. The van der Waals surface area contributed by atoms with Crippen LogP contribution in [0.25, 0.3) is 177 Å². The molecule has 22 aromatic rings. The molecule has 0 fully saturated rings. The fraction of sp³-hybridized carbons (Fsp3) is 0.0534. The first-order valence-corrected chi connectivity index (χ1v) is 52.2. The van der Waals surface area contributed by atoms with E-state index in [0.717, 1.165) is 34.1 Å². The second-order valence-corrected chi connectivity index (χ2v) is 39.9. The molecule has 0 unspecified atom stereocenters. The lowest BCUT2D eigenvalue weighted by atomic mass is 9.81. The van der Waals surface area contributed by atoms with Gasteiger partial charge in [0.2, 0.25) is 0 Å². The van der Waals surface area contributed by atoms with Crippen LogP contribution in [0.4, 0.5) is 0 Å². The van der Waals surface area contributed by atoms with Crippen molar-refractivity contribution in [1.29, 1.82) is 0 Å². The lowest BCUT2D eigenvalue weighted by molar-refractivity contribution is 1.14. The van der Waals surface area contributed by atoms with Crippen LogP contribution in [0.15, 0.2) is 488 Å². The zero-order valence-corrected chi connectivity index (χ0v) is 88.3. The van der Waals surface area contributed by atoms with Gasteiger partial charge in [-0.2, -0.15) is 0 Å². The van der Waals surface area contributed by atoms with Crippen LogP contribution in [0.5, 0.6) is 0 Å². The zero-order valence-electron chi connectivity index (χ0n) is 77.2. The summed E-state index contributed by atoms with van der Waals surface area (Å²) >= 11 is 24.9. The maximum atomic E-state index is 3.89. The Morgan fingerprint density at radius 3 is 0.609 bits per heavy atom. The highest BCUT2D eigenvalue weighted by atomic mass is 79.9. The monoisotopic (exact) mass is 2220 g/mol.